The van der Waals surface area contributed by atoms with E-state index in [-0.39, 0.29) is 34.9 Å². The van der Waals surface area contributed by atoms with Crippen LogP contribution in [0.2, 0.25) is 5.02 Å². The molecule has 1 unspecified atom stereocenters. The molecule has 0 saturated carbocycles. The predicted molar refractivity (Wildman–Crippen MR) is 92.4 cm³/mol. The Balaban J connectivity index is 2.05. The number of nitrogens with one attached hydrogen (secondary N) is 2. The molecule has 6 heteroatoms. The number of rotatable bonds is 5. The molecular formula is C18H18ClFN2O2. The van der Waals surface area contributed by atoms with E-state index in [2.05, 4.69) is 10.6 Å². The summed E-state index contributed by atoms with van der Waals surface area (Å²) >= 11 is 5.94. The molecule has 0 aromatic heterocycles. The van der Waals surface area contributed by atoms with E-state index in [1.165, 1.54) is 19.1 Å². The molecule has 2 aromatic carbocycles. The van der Waals surface area contributed by atoms with E-state index in [0.29, 0.717) is 5.69 Å². The van der Waals surface area contributed by atoms with Gasteiger partial charge in [0.05, 0.1) is 12.5 Å². The summed E-state index contributed by atoms with van der Waals surface area (Å²) in [7, 11) is 0. The van der Waals surface area contributed by atoms with Crippen molar-refractivity contribution in [3.63, 3.8) is 0 Å². The van der Waals surface area contributed by atoms with Crippen molar-refractivity contribution in [3.05, 3.63) is 64.4 Å². The average molecular weight is 349 g/mol. The van der Waals surface area contributed by atoms with Crippen molar-refractivity contribution in [1.29, 1.82) is 0 Å². The molecule has 0 radical (unpaired) electrons. The van der Waals surface area contributed by atoms with Crippen LogP contribution in [0, 0.1) is 5.82 Å². The molecule has 0 heterocycles. The lowest BCUT2D eigenvalue weighted by atomic mass is 10.1. The summed E-state index contributed by atoms with van der Waals surface area (Å²) in [5, 5.41) is 5.72. The molecule has 0 spiro atoms. The van der Waals surface area contributed by atoms with Crippen molar-refractivity contribution < 1.29 is 14.0 Å². The highest BCUT2D eigenvalue weighted by molar-refractivity contribution is 6.31. The van der Waals surface area contributed by atoms with Gasteiger partial charge in [-0.2, -0.15) is 0 Å². The minimum atomic E-state index is -0.502. The van der Waals surface area contributed by atoms with Crippen LogP contribution in [0.1, 0.15) is 31.0 Å². The first-order chi connectivity index (χ1) is 11.4. The topological polar surface area (TPSA) is 58.2 Å². The Labute approximate surface area is 145 Å². The minimum Gasteiger partial charge on any atom is -0.349 e. The molecule has 0 fully saturated rings. The first kappa shape index (κ1) is 17.9. The number of carbonyl (C=O) groups excluding carboxylic acids is 2. The molecule has 0 bridgehead atoms. The summed E-state index contributed by atoms with van der Waals surface area (Å²) in [6.07, 6.45) is -0.138. The first-order valence-electron chi connectivity index (χ1n) is 7.46. The average Bonchev–Trinajstić information content (AvgIpc) is 2.50. The maximum absolute atomic E-state index is 13.7. The van der Waals surface area contributed by atoms with Crippen LogP contribution in [-0.4, -0.2) is 11.8 Å². The largest absolute Gasteiger partial charge is 0.349 e. The fourth-order valence-corrected chi connectivity index (χ4v) is 2.56. The van der Waals surface area contributed by atoms with Crippen LogP contribution in [0.4, 0.5) is 10.1 Å². The molecule has 4 nitrogen and oxygen atoms in total. The number of amides is 2. The van der Waals surface area contributed by atoms with Gasteiger partial charge < -0.3 is 10.6 Å². The lowest BCUT2D eigenvalue weighted by molar-refractivity contribution is -0.121. The van der Waals surface area contributed by atoms with Gasteiger partial charge in [0.1, 0.15) is 5.82 Å². The maximum Gasteiger partial charge on any atom is 0.225 e. The highest BCUT2D eigenvalue weighted by Crippen LogP contribution is 2.21. The molecule has 2 amide bonds. The van der Waals surface area contributed by atoms with Crippen molar-refractivity contribution >= 4 is 29.1 Å². The molecule has 2 rings (SSSR count). The molecule has 0 aliphatic carbocycles. The summed E-state index contributed by atoms with van der Waals surface area (Å²) < 4.78 is 13.7. The van der Waals surface area contributed by atoms with Crippen molar-refractivity contribution in [2.45, 2.75) is 26.3 Å². The second kappa shape index (κ2) is 7.93. The lowest BCUT2D eigenvalue weighted by Gasteiger charge is -2.16. The van der Waals surface area contributed by atoms with E-state index >= 15 is 0 Å². The fraction of sp³-hybridized carbons (Fsp3) is 0.222. The second-order valence-corrected chi connectivity index (χ2v) is 5.88. The standard InChI is InChI=1S/C18H18ClFN2O2/c1-11(13-5-3-6-14(9-13)22-12(2)23)21-18(24)10-15-16(19)7-4-8-17(15)20/h3-9,11H,10H2,1-2H3,(H,21,24)(H,22,23). The summed E-state index contributed by atoms with van der Waals surface area (Å²) in [6, 6.07) is 11.2. The van der Waals surface area contributed by atoms with E-state index in [1.54, 1.807) is 24.3 Å². The van der Waals surface area contributed by atoms with Crippen molar-refractivity contribution in [2.24, 2.45) is 0 Å². The third kappa shape index (κ3) is 4.80. The molecule has 0 aliphatic rings. The van der Waals surface area contributed by atoms with E-state index in [0.717, 1.165) is 5.56 Å². The van der Waals surface area contributed by atoms with Gasteiger partial charge in [-0.05, 0) is 36.8 Å². The maximum atomic E-state index is 13.7. The Bertz CT molecular complexity index is 744. The Morgan fingerprint density at radius 3 is 2.58 bits per heavy atom. The number of carbonyl (C=O) groups is 2. The molecular weight excluding hydrogens is 331 g/mol. The Hall–Kier alpha value is -2.40. The van der Waals surface area contributed by atoms with Crippen LogP contribution in [0.3, 0.4) is 0 Å². The zero-order chi connectivity index (χ0) is 17.7. The second-order valence-electron chi connectivity index (χ2n) is 5.47. The third-order valence-electron chi connectivity index (χ3n) is 3.48. The Morgan fingerprint density at radius 2 is 1.92 bits per heavy atom. The summed E-state index contributed by atoms with van der Waals surface area (Å²) in [6.45, 7) is 3.24. The van der Waals surface area contributed by atoms with Crippen molar-refractivity contribution in [2.75, 3.05) is 5.32 Å². The minimum absolute atomic E-state index is 0.138. The number of hydrogen-bond donors (Lipinski definition) is 2. The van der Waals surface area contributed by atoms with E-state index in [9.17, 15) is 14.0 Å². The molecule has 0 saturated heterocycles. The lowest BCUT2D eigenvalue weighted by Crippen LogP contribution is -2.28. The van der Waals surface area contributed by atoms with Crippen LogP contribution in [-0.2, 0) is 16.0 Å². The van der Waals surface area contributed by atoms with Crippen molar-refractivity contribution in [3.8, 4) is 0 Å². The number of hydrogen-bond acceptors (Lipinski definition) is 2. The zero-order valence-corrected chi connectivity index (χ0v) is 14.2. The van der Waals surface area contributed by atoms with Gasteiger partial charge in [0.2, 0.25) is 11.8 Å². The van der Waals surface area contributed by atoms with Crippen LogP contribution in [0.25, 0.3) is 0 Å². The van der Waals surface area contributed by atoms with E-state index < -0.39 is 5.82 Å². The summed E-state index contributed by atoms with van der Waals surface area (Å²) in [4.78, 5) is 23.3. The molecule has 0 aliphatic heterocycles. The van der Waals surface area contributed by atoms with Gasteiger partial charge in [0.15, 0.2) is 0 Å². The van der Waals surface area contributed by atoms with Gasteiger partial charge in [-0.3, -0.25) is 9.59 Å². The molecule has 24 heavy (non-hydrogen) atoms. The van der Waals surface area contributed by atoms with Gasteiger partial charge in [-0.25, -0.2) is 4.39 Å². The summed E-state index contributed by atoms with van der Waals surface area (Å²) in [5.74, 6) is -1.00. The van der Waals surface area contributed by atoms with Crippen LogP contribution < -0.4 is 10.6 Å². The molecule has 2 aromatic rings. The normalized spacial score (nSPS) is 11.7. The van der Waals surface area contributed by atoms with Gasteiger partial charge in [-0.1, -0.05) is 29.8 Å². The smallest absolute Gasteiger partial charge is 0.225 e. The highest BCUT2D eigenvalue weighted by Gasteiger charge is 2.15. The number of halogens is 2. The third-order valence-corrected chi connectivity index (χ3v) is 3.84. The van der Waals surface area contributed by atoms with Gasteiger partial charge in [0, 0.05) is 23.2 Å². The Morgan fingerprint density at radius 1 is 1.21 bits per heavy atom. The molecule has 1 atom stereocenters. The van der Waals surface area contributed by atoms with Gasteiger partial charge in [-0.15, -0.1) is 0 Å². The predicted octanol–water partition coefficient (Wildman–Crippen LogP) is 3.86. The summed E-state index contributed by atoms with van der Waals surface area (Å²) in [5.41, 5.74) is 1.66. The van der Waals surface area contributed by atoms with Crippen molar-refractivity contribution in [1.82, 2.24) is 5.32 Å². The molecule has 126 valence electrons. The highest BCUT2D eigenvalue weighted by atomic mass is 35.5. The monoisotopic (exact) mass is 348 g/mol. The van der Waals surface area contributed by atoms with Crippen LogP contribution in [0.15, 0.2) is 42.5 Å². The van der Waals surface area contributed by atoms with E-state index in [4.69, 9.17) is 11.6 Å². The Kier molecular flexibility index (Phi) is 5.93. The van der Waals surface area contributed by atoms with Crippen LogP contribution in [0.5, 0.6) is 0 Å². The van der Waals surface area contributed by atoms with Gasteiger partial charge in [0.25, 0.3) is 0 Å². The fourth-order valence-electron chi connectivity index (χ4n) is 2.33. The van der Waals surface area contributed by atoms with Gasteiger partial charge >= 0.3 is 0 Å². The zero-order valence-electron chi connectivity index (χ0n) is 13.4. The van der Waals surface area contributed by atoms with E-state index in [1.807, 2.05) is 13.0 Å². The molecule has 2 N–H and O–H groups in total. The quantitative estimate of drug-likeness (QED) is 0.862. The SMILES string of the molecule is CC(=O)Nc1cccc(C(C)NC(=O)Cc2c(F)cccc2Cl)c1. The number of anilines is 1. The first-order valence-corrected chi connectivity index (χ1v) is 7.84. The number of benzene rings is 2. The van der Waals surface area contributed by atoms with Crippen LogP contribution >= 0.6 is 11.6 Å².